The van der Waals surface area contributed by atoms with E-state index >= 15 is 0 Å². The van der Waals surface area contributed by atoms with E-state index in [4.69, 9.17) is 25.1 Å². The fraction of sp³-hybridized carbons (Fsp3) is 0.471. The molecule has 2 atom stereocenters. The van der Waals surface area contributed by atoms with Gasteiger partial charge in [-0.1, -0.05) is 0 Å². The highest BCUT2D eigenvalue weighted by molar-refractivity contribution is 5.94. The first-order valence-electron chi connectivity index (χ1n) is 8.03. The summed E-state index contributed by atoms with van der Waals surface area (Å²) in [4.78, 5) is 24.1. The fourth-order valence-corrected chi connectivity index (χ4v) is 2.41. The van der Waals surface area contributed by atoms with Crippen LogP contribution in [0.25, 0.3) is 0 Å². The summed E-state index contributed by atoms with van der Waals surface area (Å²) in [5, 5.41) is 9.37. The van der Waals surface area contributed by atoms with E-state index in [0.29, 0.717) is 0 Å². The first-order valence-corrected chi connectivity index (χ1v) is 8.03. The number of hydrogen-bond donors (Lipinski definition) is 3. The lowest BCUT2D eigenvalue weighted by Gasteiger charge is -2.33. The number of carbonyl (C=O) groups excluding carboxylic acids is 1. The molecule has 0 saturated carbocycles. The van der Waals surface area contributed by atoms with E-state index in [1.54, 1.807) is 0 Å². The maximum Gasteiger partial charge on any atom is 0.299 e. The van der Waals surface area contributed by atoms with E-state index in [0.717, 1.165) is 19.1 Å². The van der Waals surface area contributed by atoms with Crippen molar-refractivity contribution in [3.63, 3.8) is 0 Å². The van der Waals surface area contributed by atoms with Crippen molar-refractivity contribution in [2.75, 3.05) is 25.6 Å². The smallest absolute Gasteiger partial charge is 0.299 e. The average Bonchev–Trinajstić information content (AvgIpc) is 2.72. The molecule has 0 radical (unpaired) electrons. The number of aliphatic imine (C=N–C) groups is 1. The number of nitrogens with one attached hydrogen (secondary N) is 1. The van der Waals surface area contributed by atoms with Crippen LogP contribution in [-0.4, -0.2) is 55.7 Å². The SMILES string of the molecule is COC(C)C(=O)Nc1ccc(F)c(C2(C)N=C(N)COCC2(F)F)c1.O=CO. The molecule has 1 aromatic rings. The minimum absolute atomic E-state index is 0.140. The van der Waals surface area contributed by atoms with Gasteiger partial charge < -0.3 is 25.6 Å². The van der Waals surface area contributed by atoms with E-state index in [1.165, 1.54) is 20.1 Å². The number of nitrogens with zero attached hydrogens (tertiary/aromatic N) is 1. The van der Waals surface area contributed by atoms with Crippen LogP contribution in [0.2, 0.25) is 0 Å². The summed E-state index contributed by atoms with van der Waals surface area (Å²) in [6, 6.07) is 3.37. The van der Waals surface area contributed by atoms with Crippen LogP contribution < -0.4 is 11.1 Å². The van der Waals surface area contributed by atoms with Crippen molar-refractivity contribution >= 4 is 23.9 Å². The van der Waals surface area contributed by atoms with Gasteiger partial charge in [0, 0.05) is 18.4 Å². The molecule has 11 heteroatoms. The highest BCUT2D eigenvalue weighted by atomic mass is 19.3. The van der Waals surface area contributed by atoms with Gasteiger partial charge in [0.25, 0.3) is 18.3 Å². The number of rotatable bonds is 4. The first kappa shape index (κ1) is 23.4. The Morgan fingerprint density at radius 1 is 1.50 bits per heavy atom. The number of anilines is 1. The third kappa shape index (κ3) is 5.20. The van der Waals surface area contributed by atoms with Crippen LogP contribution in [0.5, 0.6) is 0 Å². The molecule has 0 saturated heterocycles. The summed E-state index contributed by atoms with van der Waals surface area (Å²) in [6.45, 7) is 1.12. The van der Waals surface area contributed by atoms with Gasteiger partial charge in [-0.15, -0.1) is 0 Å². The van der Waals surface area contributed by atoms with Gasteiger partial charge in [-0.2, -0.15) is 0 Å². The highest BCUT2D eigenvalue weighted by Crippen LogP contribution is 2.44. The Balaban J connectivity index is 0.00000122. The topological polar surface area (TPSA) is 123 Å². The van der Waals surface area contributed by atoms with Crippen LogP contribution in [0.15, 0.2) is 23.2 Å². The van der Waals surface area contributed by atoms with Crippen molar-refractivity contribution < 1.29 is 37.3 Å². The van der Waals surface area contributed by atoms with Crippen molar-refractivity contribution in [3.8, 4) is 0 Å². The van der Waals surface area contributed by atoms with Crippen LogP contribution >= 0.6 is 0 Å². The Hall–Kier alpha value is -2.66. The average molecular weight is 405 g/mol. The Bertz CT molecular complexity index is 745. The number of amides is 1. The van der Waals surface area contributed by atoms with Crippen LogP contribution in [0.4, 0.5) is 18.9 Å². The van der Waals surface area contributed by atoms with E-state index in [9.17, 15) is 18.0 Å². The largest absolute Gasteiger partial charge is 0.483 e. The van der Waals surface area contributed by atoms with Gasteiger partial charge >= 0.3 is 0 Å². The number of carboxylic acid groups (broad SMARTS) is 1. The third-order valence-corrected chi connectivity index (χ3v) is 4.09. The molecule has 28 heavy (non-hydrogen) atoms. The number of halogens is 3. The second-order valence-corrected chi connectivity index (χ2v) is 6.04. The lowest BCUT2D eigenvalue weighted by Crippen LogP contribution is -2.45. The number of methoxy groups -OCH3 is 1. The van der Waals surface area contributed by atoms with E-state index in [2.05, 4.69) is 10.3 Å². The van der Waals surface area contributed by atoms with Gasteiger partial charge in [0.1, 0.15) is 31.0 Å². The third-order valence-electron chi connectivity index (χ3n) is 4.09. The molecule has 1 aliphatic rings. The number of amidine groups is 1. The zero-order valence-electron chi connectivity index (χ0n) is 15.5. The lowest BCUT2D eigenvalue weighted by atomic mass is 9.85. The molecule has 1 aromatic carbocycles. The van der Waals surface area contributed by atoms with Crippen molar-refractivity contribution in [2.24, 2.45) is 10.7 Å². The molecule has 4 N–H and O–H groups in total. The summed E-state index contributed by atoms with van der Waals surface area (Å²) >= 11 is 0. The van der Waals surface area contributed by atoms with Crippen molar-refractivity contribution in [2.45, 2.75) is 31.4 Å². The number of carbonyl (C=O) groups is 2. The van der Waals surface area contributed by atoms with Crippen molar-refractivity contribution in [1.29, 1.82) is 0 Å². The van der Waals surface area contributed by atoms with Crippen LogP contribution in [0.3, 0.4) is 0 Å². The Kier molecular flexibility index (Phi) is 7.94. The van der Waals surface area contributed by atoms with Gasteiger partial charge in [-0.25, -0.2) is 13.2 Å². The highest BCUT2D eigenvalue weighted by Gasteiger charge is 2.54. The molecular formula is C17H22F3N3O5. The molecule has 1 heterocycles. The maximum atomic E-state index is 14.6. The maximum absolute atomic E-state index is 14.6. The summed E-state index contributed by atoms with van der Waals surface area (Å²) < 4.78 is 53.2. The fourth-order valence-electron chi connectivity index (χ4n) is 2.41. The number of alkyl halides is 2. The van der Waals surface area contributed by atoms with Crippen LogP contribution in [0.1, 0.15) is 19.4 Å². The van der Waals surface area contributed by atoms with E-state index in [1.807, 2.05) is 0 Å². The predicted molar refractivity (Wildman–Crippen MR) is 94.9 cm³/mol. The molecule has 0 bridgehead atoms. The number of nitrogens with two attached hydrogens (primary N) is 1. The van der Waals surface area contributed by atoms with Crippen molar-refractivity contribution in [1.82, 2.24) is 0 Å². The molecule has 1 amide bonds. The van der Waals surface area contributed by atoms with E-state index in [-0.39, 0.29) is 24.6 Å². The molecule has 156 valence electrons. The predicted octanol–water partition coefficient (Wildman–Crippen LogP) is 1.74. The molecule has 0 fully saturated rings. The van der Waals surface area contributed by atoms with Gasteiger partial charge in [0.15, 0.2) is 5.54 Å². The van der Waals surface area contributed by atoms with Gasteiger partial charge in [0.2, 0.25) is 0 Å². The zero-order chi connectivity index (χ0) is 21.5. The number of ether oxygens (including phenoxy) is 2. The quantitative estimate of drug-likeness (QED) is 0.656. The normalized spacial score (nSPS) is 22.0. The Labute approximate surface area is 159 Å². The lowest BCUT2D eigenvalue weighted by molar-refractivity contribution is -0.125. The summed E-state index contributed by atoms with van der Waals surface area (Å²) in [6.07, 6.45) is -0.759. The van der Waals surface area contributed by atoms with Crippen LogP contribution in [-0.2, 0) is 24.6 Å². The molecule has 2 rings (SSSR count). The molecular weight excluding hydrogens is 383 g/mol. The van der Waals surface area contributed by atoms with Crippen molar-refractivity contribution in [3.05, 3.63) is 29.6 Å². The molecule has 0 aromatic heterocycles. The monoisotopic (exact) mass is 405 g/mol. The summed E-state index contributed by atoms with van der Waals surface area (Å²) in [7, 11) is 1.35. The molecule has 0 aliphatic carbocycles. The summed E-state index contributed by atoms with van der Waals surface area (Å²) in [5.74, 6) is -5.05. The van der Waals surface area contributed by atoms with E-state index < -0.39 is 41.5 Å². The minimum Gasteiger partial charge on any atom is -0.483 e. The molecule has 8 nitrogen and oxygen atoms in total. The number of hydrogen-bond acceptors (Lipinski definition) is 6. The molecule has 2 unspecified atom stereocenters. The molecule has 0 spiro atoms. The minimum atomic E-state index is -3.50. The second-order valence-electron chi connectivity index (χ2n) is 6.04. The van der Waals surface area contributed by atoms with Gasteiger partial charge in [0.05, 0.1) is 0 Å². The second kappa shape index (κ2) is 9.51. The summed E-state index contributed by atoms with van der Waals surface area (Å²) in [5.41, 5.74) is 3.05. The van der Waals surface area contributed by atoms with Gasteiger partial charge in [-0.05, 0) is 32.0 Å². The zero-order valence-corrected chi connectivity index (χ0v) is 15.5. The Morgan fingerprint density at radius 3 is 2.68 bits per heavy atom. The standard InChI is InChI=1S/C16H20F3N3O3.CH2O2/c1-9(24-3)14(23)21-10-4-5-12(17)11(6-10)15(2)16(18,19)8-25-7-13(20)22-15;2-1-3/h4-6,9H,7-8H2,1-3H3,(H2,20,22)(H,21,23);1H,(H,2,3). The Morgan fingerprint density at radius 2 is 2.11 bits per heavy atom. The van der Waals surface area contributed by atoms with Crippen LogP contribution in [0, 0.1) is 5.82 Å². The first-order chi connectivity index (χ1) is 13.0. The number of benzene rings is 1. The van der Waals surface area contributed by atoms with Gasteiger partial charge in [-0.3, -0.25) is 14.6 Å². The molecule has 1 aliphatic heterocycles.